The summed E-state index contributed by atoms with van der Waals surface area (Å²) in [4.78, 5) is 5.46. The van der Waals surface area contributed by atoms with Crippen molar-refractivity contribution in [2.45, 2.75) is 13.5 Å². The van der Waals surface area contributed by atoms with Gasteiger partial charge in [-0.3, -0.25) is 0 Å². The maximum Gasteiger partial charge on any atom is 0.123 e. The van der Waals surface area contributed by atoms with Crippen LogP contribution in [0.1, 0.15) is 10.6 Å². The molecule has 1 aromatic carbocycles. The van der Waals surface area contributed by atoms with Crippen molar-refractivity contribution < 1.29 is 5.11 Å². The first-order valence-corrected chi connectivity index (χ1v) is 6.15. The van der Waals surface area contributed by atoms with Crippen molar-refractivity contribution in [2.24, 2.45) is 0 Å². The Morgan fingerprint density at radius 2 is 2.00 bits per heavy atom. The molecule has 15 heavy (non-hydrogen) atoms. The molecule has 1 N–H and O–H groups in total. The fourth-order valence-corrected chi connectivity index (χ4v) is 2.48. The fraction of sp³-hybridized carbons (Fsp3) is 0.182. The average Bonchev–Trinajstić information content (AvgIpc) is 2.61. The number of nitrogens with zero attached hydrogens (tertiary/aromatic N) is 1. The van der Waals surface area contributed by atoms with Crippen LogP contribution in [0, 0.1) is 6.92 Å². The van der Waals surface area contributed by atoms with Crippen LogP contribution >= 0.6 is 27.3 Å². The maximum atomic E-state index is 9.06. The van der Waals surface area contributed by atoms with Gasteiger partial charge in [-0.05, 0) is 19.1 Å². The van der Waals surface area contributed by atoms with E-state index in [1.807, 2.05) is 31.2 Å². The zero-order chi connectivity index (χ0) is 10.8. The lowest BCUT2D eigenvalue weighted by molar-refractivity contribution is 0.277. The van der Waals surface area contributed by atoms with E-state index >= 15 is 0 Å². The quantitative estimate of drug-likeness (QED) is 0.917. The topological polar surface area (TPSA) is 33.1 Å². The molecule has 0 aliphatic carbocycles. The van der Waals surface area contributed by atoms with E-state index in [9.17, 15) is 0 Å². The molecule has 0 bridgehead atoms. The predicted molar refractivity (Wildman–Crippen MR) is 65.9 cm³/mol. The van der Waals surface area contributed by atoms with Gasteiger partial charge in [0.25, 0.3) is 0 Å². The Hall–Kier alpha value is -0.710. The average molecular weight is 284 g/mol. The van der Waals surface area contributed by atoms with Gasteiger partial charge in [-0.2, -0.15) is 0 Å². The van der Waals surface area contributed by atoms with Gasteiger partial charge in [-0.15, -0.1) is 11.3 Å². The van der Waals surface area contributed by atoms with E-state index in [2.05, 4.69) is 20.9 Å². The van der Waals surface area contributed by atoms with E-state index in [1.165, 1.54) is 0 Å². The number of halogens is 1. The van der Waals surface area contributed by atoms with Crippen LogP contribution < -0.4 is 0 Å². The summed E-state index contributed by atoms with van der Waals surface area (Å²) in [5.74, 6) is 0. The van der Waals surface area contributed by atoms with Crippen LogP contribution in [0.25, 0.3) is 10.6 Å². The zero-order valence-electron chi connectivity index (χ0n) is 8.20. The van der Waals surface area contributed by atoms with E-state index in [0.29, 0.717) is 0 Å². The molecule has 0 saturated carbocycles. The molecule has 1 heterocycles. The van der Waals surface area contributed by atoms with E-state index in [1.54, 1.807) is 11.3 Å². The second kappa shape index (κ2) is 4.43. The number of thiazole rings is 1. The van der Waals surface area contributed by atoms with Crippen molar-refractivity contribution in [3.63, 3.8) is 0 Å². The molecule has 0 saturated heterocycles. The fourth-order valence-electron chi connectivity index (χ4n) is 1.29. The summed E-state index contributed by atoms with van der Waals surface area (Å²) in [6.07, 6.45) is 0. The summed E-state index contributed by atoms with van der Waals surface area (Å²) in [5.41, 5.74) is 1.86. The first-order valence-electron chi connectivity index (χ1n) is 4.54. The van der Waals surface area contributed by atoms with Gasteiger partial charge in [0.15, 0.2) is 0 Å². The Morgan fingerprint density at radius 1 is 1.33 bits per heavy atom. The first-order chi connectivity index (χ1) is 7.20. The third-order valence-corrected chi connectivity index (χ3v) is 3.72. The SMILES string of the molecule is Cc1sc(-c2ccc(Br)cc2)nc1CO. The maximum absolute atomic E-state index is 9.06. The summed E-state index contributed by atoms with van der Waals surface area (Å²) in [7, 11) is 0. The lowest BCUT2D eigenvalue weighted by Crippen LogP contribution is -1.85. The number of rotatable bonds is 2. The van der Waals surface area contributed by atoms with Crippen LogP contribution in [-0.4, -0.2) is 10.1 Å². The molecule has 0 radical (unpaired) electrons. The summed E-state index contributed by atoms with van der Waals surface area (Å²) in [5, 5.41) is 10.0. The normalized spacial score (nSPS) is 10.6. The molecule has 2 aromatic rings. The molecule has 0 aliphatic rings. The minimum atomic E-state index is 0.0128. The monoisotopic (exact) mass is 283 g/mol. The molecule has 0 fully saturated rings. The lowest BCUT2D eigenvalue weighted by Gasteiger charge is -1.95. The Labute approximate surface area is 101 Å². The van der Waals surface area contributed by atoms with Gasteiger partial charge < -0.3 is 5.11 Å². The van der Waals surface area contributed by atoms with Crippen molar-refractivity contribution >= 4 is 27.3 Å². The van der Waals surface area contributed by atoms with Crippen molar-refractivity contribution in [3.05, 3.63) is 39.3 Å². The second-order valence-corrected chi connectivity index (χ2v) is 5.31. The van der Waals surface area contributed by atoms with Gasteiger partial charge in [0.1, 0.15) is 5.01 Å². The predicted octanol–water partition coefficient (Wildman–Crippen LogP) is 3.37. The number of aromatic nitrogens is 1. The van der Waals surface area contributed by atoms with Gasteiger partial charge in [-0.1, -0.05) is 28.1 Å². The van der Waals surface area contributed by atoms with Gasteiger partial charge in [0.2, 0.25) is 0 Å². The summed E-state index contributed by atoms with van der Waals surface area (Å²) in [6, 6.07) is 8.02. The van der Waals surface area contributed by atoms with Crippen LogP contribution in [-0.2, 0) is 6.61 Å². The standard InChI is InChI=1S/C11H10BrNOS/c1-7-10(6-14)13-11(15-7)8-2-4-9(12)5-3-8/h2-5,14H,6H2,1H3. The highest BCUT2D eigenvalue weighted by atomic mass is 79.9. The third-order valence-electron chi connectivity index (χ3n) is 2.13. The van der Waals surface area contributed by atoms with Crippen LogP contribution in [0.15, 0.2) is 28.7 Å². The molecule has 4 heteroatoms. The Bertz CT molecular complexity index is 464. The van der Waals surface area contributed by atoms with Gasteiger partial charge in [0, 0.05) is 14.9 Å². The molecule has 1 aromatic heterocycles. The summed E-state index contributed by atoms with van der Waals surface area (Å²) < 4.78 is 1.06. The van der Waals surface area contributed by atoms with Crippen LogP contribution in [0.5, 0.6) is 0 Å². The Morgan fingerprint density at radius 3 is 2.53 bits per heavy atom. The first kappa shape index (κ1) is 10.8. The van der Waals surface area contributed by atoms with Crippen LogP contribution in [0.3, 0.4) is 0 Å². The number of aliphatic hydroxyl groups excluding tert-OH is 1. The highest BCUT2D eigenvalue weighted by Crippen LogP contribution is 2.28. The Balaban J connectivity index is 2.41. The molecule has 78 valence electrons. The van der Waals surface area contributed by atoms with Crippen LogP contribution in [0.2, 0.25) is 0 Å². The summed E-state index contributed by atoms with van der Waals surface area (Å²) in [6.45, 7) is 1.99. The van der Waals surface area contributed by atoms with Crippen molar-refractivity contribution in [2.75, 3.05) is 0 Å². The second-order valence-electron chi connectivity index (χ2n) is 3.19. The molecular weight excluding hydrogens is 274 g/mol. The molecule has 2 rings (SSSR count). The van der Waals surface area contributed by atoms with E-state index in [4.69, 9.17) is 5.11 Å². The zero-order valence-corrected chi connectivity index (χ0v) is 10.6. The van der Waals surface area contributed by atoms with E-state index in [-0.39, 0.29) is 6.61 Å². The van der Waals surface area contributed by atoms with Crippen molar-refractivity contribution in [1.29, 1.82) is 0 Å². The summed E-state index contributed by atoms with van der Waals surface area (Å²) >= 11 is 5.01. The lowest BCUT2D eigenvalue weighted by atomic mass is 10.2. The molecule has 0 spiro atoms. The highest BCUT2D eigenvalue weighted by molar-refractivity contribution is 9.10. The number of hydrogen-bond donors (Lipinski definition) is 1. The minimum Gasteiger partial charge on any atom is -0.390 e. The smallest absolute Gasteiger partial charge is 0.123 e. The molecular formula is C11H10BrNOS. The number of aliphatic hydroxyl groups is 1. The number of benzene rings is 1. The van der Waals surface area contributed by atoms with Gasteiger partial charge in [-0.25, -0.2) is 4.98 Å². The molecule has 0 unspecified atom stereocenters. The largest absolute Gasteiger partial charge is 0.390 e. The van der Waals surface area contributed by atoms with Gasteiger partial charge >= 0.3 is 0 Å². The molecule has 0 amide bonds. The molecule has 0 aliphatic heterocycles. The Kier molecular flexibility index (Phi) is 3.19. The molecule has 0 atom stereocenters. The number of hydrogen-bond acceptors (Lipinski definition) is 3. The van der Waals surface area contributed by atoms with E-state index in [0.717, 1.165) is 25.6 Å². The van der Waals surface area contributed by atoms with Gasteiger partial charge in [0.05, 0.1) is 12.3 Å². The minimum absolute atomic E-state index is 0.0128. The molecule has 2 nitrogen and oxygen atoms in total. The highest BCUT2D eigenvalue weighted by Gasteiger charge is 2.07. The van der Waals surface area contributed by atoms with E-state index < -0.39 is 0 Å². The van der Waals surface area contributed by atoms with Crippen molar-refractivity contribution in [1.82, 2.24) is 4.98 Å². The third kappa shape index (κ3) is 2.27. The van der Waals surface area contributed by atoms with Crippen molar-refractivity contribution in [3.8, 4) is 10.6 Å². The number of aryl methyl sites for hydroxylation is 1. The van der Waals surface area contributed by atoms with Crippen LogP contribution in [0.4, 0.5) is 0 Å².